The summed E-state index contributed by atoms with van der Waals surface area (Å²) >= 11 is 0. The maximum Gasteiger partial charge on any atom is 0.245 e. The van der Waals surface area contributed by atoms with Crippen LogP contribution in [0.2, 0.25) is 0 Å². The lowest BCUT2D eigenvalue weighted by molar-refractivity contribution is -0.128. The topological polar surface area (TPSA) is 127 Å². The third-order valence-electron chi connectivity index (χ3n) is 7.32. The number of piperidine rings is 1. The van der Waals surface area contributed by atoms with E-state index >= 15 is 0 Å². The van der Waals surface area contributed by atoms with Gasteiger partial charge in [0, 0.05) is 32.5 Å². The van der Waals surface area contributed by atoms with E-state index in [0.717, 1.165) is 67.5 Å². The van der Waals surface area contributed by atoms with Gasteiger partial charge in [0.1, 0.15) is 23.9 Å². The quantitative estimate of drug-likeness (QED) is 0.602. The molecule has 0 unspecified atom stereocenters. The second-order valence-electron chi connectivity index (χ2n) is 9.11. The molecule has 1 amide bonds. The molecule has 9 heteroatoms. The number of nitrogen functional groups attached to an aromatic ring is 1. The molecule has 3 aromatic heterocycles. The average Bonchev–Trinajstić information content (AvgIpc) is 3.18. The number of aryl methyl sites for hydroxylation is 1. The Balaban J connectivity index is 1.54. The summed E-state index contributed by atoms with van der Waals surface area (Å²) in [6.45, 7) is 5.16. The van der Waals surface area contributed by atoms with Crippen LogP contribution >= 0.6 is 0 Å². The number of nitrogens with zero attached hydrogens (tertiary/aromatic N) is 7. The zero-order valence-electron chi connectivity index (χ0n) is 19.2. The predicted molar refractivity (Wildman–Crippen MR) is 129 cm³/mol. The van der Waals surface area contributed by atoms with E-state index in [1.165, 1.54) is 30.4 Å². The number of hydrogen-bond acceptors (Lipinski definition) is 7. The van der Waals surface area contributed by atoms with Gasteiger partial charge in [0.25, 0.3) is 0 Å². The van der Waals surface area contributed by atoms with Gasteiger partial charge in [0.2, 0.25) is 5.91 Å². The van der Waals surface area contributed by atoms with Crippen LogP contribution in [-0.4, -0.2) is 48.4 Å². The first-order valence-electron chi connectivity index (χ1n) is 11.4. The highest BCUT2D eigenvalue weighted by Crippen LogP contribution is 2.48. The van der Waals surface area contributed by atoms with Crippen LogP contribution in [0.15, 0.2) is 37.5 Å². The number of nitrogens with two attached hydrogens (primary N) is 1. The van der Waals surface area contributed by atoms with Gasteiger partial charge in [-0.05, 0) is 49.2 Å². The molecule has 1 aliphatic carbocycles. The summed E-state index contributed by atoms with van der Waals surface area (Å²) in [4.78, 5) is 31.5. The number of nitriles is 1. The number of hydrogen-bond donors (Lipinski definition) is 1. The zero-order chi connectivity index (χ0) is 23.9. The minimum absolute atomic E-state index is 0.0168. The Labute approximate surface area is 197 Å². The van der Waals surface area contributed by atoms with Crippen molar-refractivity contribution in [3.8, 4) is 17.5 Å². The van der Waals surface area contributed by atoms with Crippen LogP contribution < -0.4 is 5.73 Å². The largest absolute Gasteiger partial charge is 0.383 e. The Hall–Kier alpha value is -4.06. The van der Waals surface area contributed by atoms with Crippen LogP contribution in [0.4, 0.5) is 5.82 Å². The summed E-state index contributed by atoms with van der Waals surface area (Å²) in [6, 6.07) is 2.06. The van der Waals surface area contributed by atoms with Gasteiger partial charge in [-0.25, -0.2) is 19.9 Å². The van der Waals surface area contributed by atoms with Crippen LogP contribution in [0.1, 0.15) is 43.4 Å². The molecule has 34 heavy (non-hydrogen) atoms. The van der Waals surface area contributed by atoms with Crippen LogP contribution in [-0.2, 0) is 11.8 Å². The molecule has 1 spiro atoms. The molecule has 0 saturated carbocycles. The molecule has 1 aliphatic heterocycles. The minimum atomic E-state index is 0.0168. The standard InChI is InChI=1S/C25H26N8O/c1-3-18(34)33-10-8-25(9-11-33)6-4-17(5-7-25)21-19(23-28-13-16(12-26)14-29-23)20-22(27)30-15-31-24(20)32(21)2/h3-4,13-15H,1,5-11H2,2H3,(H2,27,30,31). The molecule has 0 atom stereocenters. The van der Waals surface area contributed by atoms with Crippen LogP contribution in [0, 0.1) is 16.7 Å². The molecular weight excluding hydrogens is 428 g/mol. The van der Waals surface area contributed by atoms with E-state index in [1.54, 1.807) is 0 Å². The summed E-state index contributed by atoms with van der Waals surface area (Å²) in [5.74, 6) is 0.892. The normalized spacial score (nSPS) is 17.4. The first-order chi connectivity index (χ1) is 16.5. The van der Waals surface area contributed by atoms with Crippen molar-refractivity contribution in [2.24, 2.45) is 12.5 Å². The van der Waals surface area contributed by atoms with E-state index in [1.807, 2.05) is 16.5 Å². The van der Waals surface area contributed by atoms with Crippen molar-refractivity contribution >= 4 is 28.3 Å². The fourth-order valence-corrected chi connectivity index (χ4v) is 5.33. The van der Waals surface area contributed by atoms with E-state index in [2.05, 4.69) is 38.7 Å². The first kappa shape index (κ1) is 21.8. The van der Waals surface area contributed by atoms with Crippen molar-refractivity contribution in [1.29, 1.82) is 5.26 Å². The third-order valence-corrected chi connectivity index (χ3v) is 7.32. The van der Waals surface area contributed by atoms with E-state index in [9.17, 15) is 4.79 Å². The highest BCUT2D eigenvalue weighted by molar-refractivity contribution is 6.04. The minimum Gasteiger partial charge on any atom is -0.383 e. The average molecular weight is 455 g/mol. The Bertz CT molecular complexity index is 1350. The number of anilines is 1. The highest BCUT2D eigenvalue weighted by atomic mass is 16.2. The predicted octanol–water partition coefficient (Wildman–Crippen LogP) is 3.24. The summed E-state index contributed by atoms with van der Waals surface area (Å²) in [5.41, 5.74) is 10.6. The lowest BCUT2D eigenvalue weighted by Crippen LogP contribution is -2.43. The van der Waals surface area contributed by atoms with Crippen LogP contribution in [0.3, 0.4) is 0 Å². The van der Waals surface area contributed by atoms with Gasteiger partial charge < -0.3 is 15.2 Å². The fraction of sp³-hybridized carbons (Fsp3) is 0.360. The molecule has 2 aliphatic rings. The number of carbonyl (C=O) groups excluding carboxylic acids is 1. The third kappa shape index (κ3) is 3.52. The van der Waals surface area contributed by atoms with Crippen molar-refractivity contribution in [3.05, 3.63) is 48.7 Å². The first-order valence-corrected chi connectivity index (χ1v) is 11.4. The smallest absolute Gasteiger partial charge is 0.245 e. The molecule has 5 rings (SSSR count). The van der Waals surface area contributed by atoms with Crippen molar-refractivity contribution < 1.29 is 4.79 Å². The van der Waals surface area contributed by atoms with Gasteiger partial charge in [0.05, 0.1) is 22.2 Å². The molecule has 9 nitrogen and oxygen atoms in total. The van der Waals surface area contributed by atoms with Gasteiger partial charge in [-0.15, -0.1) is 0 Å². The number of likely N-dealkylation sites (tertiary alicyclic amines) is 1. The Kier molecular flexibility index (Phi) is 5.36. The molecule has 0 radical (unpaired) electrons. The lowest BCUT2D eigenvalue weighted by atomic mass is 9.68. The molecule has 0 bridgehead atoms. The molecule has 4 heterocycles. The summed E-state index contributed by atoms with van der Waals surface area (Å²) in [5, 5.41) is 9.87. The molecule has 0 aromatic carbocycles. The Morgan fingerprint density at radius 1 is 1.21 bits per heavy atom. The van der Waals surface area contributed by atoms with Crippen molar-refractivity contribution in [2.45, 2.75) is 32.1 Å². The monoisotopic (exact) mass is 454 g/mol. The maximum absolute atomic E-state index is 12.0. The number of fused-ring (bicyclic) bond motifs is 1. The molecule has 172 valence electrons. The van der Waals surface area contributed by atoms with E-state index in [4.69, 9.17) is 11.0 Å². The van der Waals surface area contributed by atoms with E-state index < -0.39 is 0 Å². The van der Waals surface area contributed by atoms with Gasteiger partial charge >= 0.3 is 0 Å². The van der Waals surface area contributed by atoms with Gasteiger partial charge in [0.15, 0.2) is 5.82 Å². The van der Waals surface area contributed by atoms with Gasteiger partial charge in [-0.1, -0.05) is 12.7 Å². The SMILES string of the molecule is C=CC(=O)N1CCC2(CC=C(c3c(-c4ncc(C#N)cn4)c4c(N)ncnc4n3C)CC2)CC1. The summed E-state index contributed by atoms with van der Waals surface area (Å²) in [6.07, 6.45) is 13.1. The second kappa shape index (κ2) is 8.37. The molecule has 1 saturated heterocycles. The molecule has 2 N–H and O–H groups in total. The van der Waals surface area contributed by atoms with E-state index in [0.29, 0.717) is 17.2 Å². The molecular formula is C25H26N8O. The maximum atomic E-state index is 12.0. The summed E-state index contributed by atoms with van der Waals surface area (Å²) in [7, 11) is 1.97. The fourth-order valence-electron chi connectivity index (χ4n) is 5.33. The van der Waals surface area contributed by atoms with Crippen molar-refractivity contribution in [1.82, 2.24) is 29.4 Å². The second-order valence-corrected chi connectivity index (χ2v) is 9.11. The zero-order valence-corrected chi connectivity index (χ0v) is 19.2. The molecule has 1 fully saturated rings. The highest BCUT2D eigenvalue weighted by Gasteiger charge is 2.37. The number of allylic oxidation sites excluding steroid dienone is 2. The van der Waals surface area contributed by atoms with Gasteiger partial charge in [-0.2, -0.15) is 5.26 Å². The Morgan fingerprint density at radius 2 is 1.94 bits per heavy atom. The van der Waals surface area contributed by atoms with Crippen LogP contribution in [0.5, 0.6) is 0 Å². The number of carbonyl (C=O) groups is 1. The van der Waals surface area contributed by atoms with Crippen molar-refractivity contribution in [3.63, 3.8) is 0 Å². The number of rotatable bonds is 3. The number of aromatic nitrogens is 5. The Morgan fingerprint density at radius 3 is 2.56 bits per heavy atom. The lowest BCUT2D eigenvalue weighted by Gasteiger charge is -2.43. The summed E-state index contributed by atoms with van der Waals surface area (Å²) < 4.78 is 2.04. The van der Waals surface area contributed by atoms with Crippen molar-refractivity contribution in [2.75, 3.05) is 18.8 Å². The molecule has 3 aromatic rings. The number of amides is 1. The van der Waals surface area contributed by atoms with E-state index in [-0.39, 0.29) is 11.3 Å². The van der Waals surface area contributed by atoms with Gasteiger partial charge in [-0.3, -0.25) is 4.79 Å². The van der Waals surface area contributed by atoms with Crippen LogP contribution in [0.25, 0.3) is 28.0 Å².